The smallest absolute Gasteiger partial charge is 0.417 e. The Morgan fingerprint density at radius 2 is 1.86 bits per heavy atom. The lowest BCUT2D eigenvalue weighted by Crippen LogP contribution is -2.16. The molecule has 0 amide bonds. The summed E-state index contributed by atoms with van der Waals surface area (Å²) in [5.41, 5.74) is 0.0679. The molecule has 2 aliphatic carbocycles. The van der Waals surface area contributed by atoms with Crippen molar-refractivity contribution in [1.29, 1.82) is 0 Å². The number of Topliss-reactive ketones (excluding diaryl/α,β-unsaturated/α-hetero) is 1. The first kappa shape index (κ1) is 30.3. The predicted octanol–water partition coefficient (Wildman–Crippen LogP) is 7.57. The number of methoxy groups -OCH3 is 1. The van der Waals surface area contributed by atoms with Gasteiger partial charge in [0.05, 0.1) is 24.3 Å². The number of aliphatic hydroxyl groups is 1. The molecular formula is C32H28F6N2O3. The lowest BCUT2D eigenvalue weighted by molar-refractivity contribution is -0.137. The Morgan fingerprint density at radius 1 is 1.19 bits per heavy atom. The highest BCUT2D eigenvalue weighted by Crippen LogP contribution is 2.50. The number of nitrogens with zero attached hydrogens (tertiary/aromatic N) is 2. The average Bonchev–Trinajstić information content (AvgIpc) is 3.10. The Hall–Kier alpha value is -4.12. The molecule has 2 aliphatic rings. The van der Waals surface area contributed by atoms with Crippen molar-refractivity contribution in [3.8, 4) is 5.75 Å². The molecule has 0 saturated heterocycles. The monoisotopic (exact) mass is 602 g/mol. The zero-order valence-corrected chi connectivity index (χ0v) is 23.7. The number of aryl methyl sites for hydroxylation is 2. The number of aliphatic hydroxyl groups excluding tert-OH is 1. The van der Waals surface area contributed by atoms with Gasteiger partial charge in [-0.25, -0.2) is 18.2 Å². The van der Waals surface area contributed by atoms with E-state index in [4.69, 9.17) is 4.74 Å². The number of imidazole rings is 1. The lowest BCUT2D eigenvalue weighted by atomic mass is 9.78. The van der Waals surface area contributed by atoms with Crippen LogP contribution in [-0.4, -0.2) is 33.7 Å². The third-order valence-corrected chi connectivity index (χ3v) is 7.87. The SMILES string of the molecule is COc1c(C2=CC=CC3CCC(C(=O)c4cc(F)c(F)c(F)c4)=CC(CC(C)O)=C23)c(C(F)(F)F)cc2c1nc(C)n2C. The van der Waals surface area contributed by atoms with E-state index in [1.807, 2.05) is 0 Å². The largest absolute Gasteiger partial charge is 0.494 e. The Balaban J connectivity index is 1.77. The van der Waals surface area contributed by atoms with Crippen molar-refractivity contribution in [1.82, 2.24) is 9.55 Å². The number of benzene rings is 2. The molecule has 0 aliphatic heterocycles. The van der Waals surface area contributed by atoms with E-state index in [9.17, 15) is 36.2 Å². The van der Waals surface area contributed by atoms with Crippen LogP contribution in [0.4, 0.5) is 26.3 Å². The van der Waals surface area contributed by atoms with Gasteiger partial charge >= 0.3 is 6.18 Å². The quantitative estimate of drug-likeness (QED) is 0.180. The van der Waals surface area contributed by atoms with E-state index in [1.165, 1.54) is 26.2 Å². The van der Waals surface area contributed by atoms with Gasteiger partial charge in [0.25, 0.3) is 0 Å². The highest BCUT2D eigenvalue weighted by molar-refractivity contribution is 6.09. The molecule has 0 spiro atoms. The van der Waals surface area contributed by atoms with Gasteiger partial charge in [-0.3, -0.25) is 4.79 Å². The summed E-state index contributed by atoms with van der Waals surface area (Å²) in [5.74, 6) is -5.55. The van der Waals surface area contributed by atoms with Gasteiger partial charge in [-0.1, -0.05) is 24.3 Å². The van der Waals surface area contributed by atoms with E-state index in [0.717, 1.165) is 6.07 Å². The first-order valence-electron chi connectivity index (χ1n) is 13.5. The molecule has 2 unspecified atom stereocenters. The van der Waals surface area contributed by atoms with Crippen molar-refractivity contribution < 1.29 is 41.0 Å². The van der Waals surface area contributed by atoms with E-state index < -0.39 is 52.6 Å². The van der Waals surface area contributed by atoms with E-state index in [2.05, 4.69) is 4.98 Å². The number of rotatable bonds is 6. The van der Waals surface area contributed by atoms with Crippen LogP contribution >= 0.6 is 0 Å². The number of allylic oxidation sites excluding steroid dienone is 7. The third-order valence-electron chi connectivity index (χ3n) is 7.87. The summed E-state index contributed by atoms with van der Waals surface area (Å²) in [7, 11) is 2.88. The van der Waals surface area contributed by atoms with Crippen LogP contribution < -0.4 is 4.74 Å². The number of ether oxygens (including phenoxy) is 1. The van der Waals surface area contributed by atoms with Crippen molar-refractivity contribution in [2.24, 2.45) is 13.0 Å². The number of alkyl halides is 3. The first-order chi connectivity index (χ1) is 20.2. The summed E-state index contributed by atoms with van der Waals surface area (Å²) in [5, 5.41) is 10.4. The molecule has 3 aromatic rings. The minimum atomic E-state index is -4.78. The summed E-state index contributed by atoms with van der Waals surface area (Å²) in [6.45, 7) is 3.17. The fourth-order valence-corrected chi connectivity index (χ4v) is 5.85. The van der Waals surface area contributed by atoms with Gasteiger partial charge in [-0.2, -0.15) is 13.2 Å². The van der Waals surface area contributed by atoms with Crippen LogP contribution in [0.15, 0.2) is 59.2 Å². The number of carbonyl (C=O) groups excluding carboxylic acids is 1. The number of hydrogen-bond acceptors (Lipinski definition) is 4. The minimum Gasteiger partial charge on any atom is -0.494 e. The van der Waals surface area contributed by atoms with Crippen molar-refractivity contribution in [3.05, 3.63) is 99.2 Å². The molecule has 0 fully saturated rings. The molecule has 43 heavy (non-hydrogen) atoms. The van der Waals surface area contributed by atoms with Gasteiger partial charge < -0.3 is 14.4 Å². The predicted molar refractivity (Wildman–Crippen MR) is 149 cm³/mol. The second-order valence-electron chi connectivity index (χ2n) is 10.8. The molecule has 226 valence electrons. The molecule has 0 saturated carbocycles. The number of halogens is 6. The van der Waals surface area contributed by atoms with Crippen molar-refractivity contribution >= 4 is 22.4 Å². The highest BCUT2D eigenvalue weighted by Gasteiger charge is 2.40. The molecule has 0 bridgehead atoms. The van der Waals surface area contributed by atoms with Gasteiger partial charge in [0.15, 0.2) is 29.0 Å². The maximum atomic E-state index is 14.7. The molecule has 1 aromatic heterocycles. The molecule has 2 atom stereocenters. The number of ketones is 1. The van der Waals surface area contributed by atoms with Crippen LogP contribution in [0.25, 0.3) is 16.6 Å². The molecule has 11 heteroatoms. The summed E-state index contributed by atoms with van der Waals surface area (Å²) in [6.07, 6.45) is 1.03. The van der Waals surface area contributed by atoms with E-state index >= 15 is 0 Å². The van der Waals surface area contributed by atoms with Crippen molar-refractivity contribution in [3.63, 3.8) is 0 Å². The molecule has 1 N–H and O–H groups in total. The Kier molecular flexibility index (Phi) is 7.89. The Labute approximate surface area is 243 Å². The minimum absolute atomic E-state index is 0.0332. The maximum Gasteiger partial charge on any atom is 0.417 e. The standard InChI is InChI=1S/C32H28F6N2O3/c1-15(41)10-19-11-18(30(42)20-12-23(33)28(35)24(34)13-20)9-8-17-6-5-7-21(26(17)19)27-22(32(36,37)38)14-25-29(31(27)43-4)39-16(2)40(25)3/h5-7,11-15,17,41H,8-10H2,1-4H3. The van der Waals surface area contributed by atoms with Crippen LogP contribution in [0.2, 0.25) is 0 Å². The normalized spacial score (nSPS) is 17.9. The second-order valence-corrected chi connectivity index (χ2v) is 10.8. The molecule has 1 heterocycles. The fraction of sp³-hybridized carbons (Fsp3) is 0.312. The van der Waals surface area contributed by atoms with Crippen LogP contribution in [0, 0.1) is 30.3 Å². The van der Waals surface area contributed by atoms with Crippen LogP contribution in [0.1, 0.15) is 53.5 Å². The van der Waals surface area contributed by atoms with Gasteiger partial charge in [0.1, 0.15) is 11.3 Å². The molecule has 5 nitrogen and oxygen atoms in total. The first-order valence-corrected chi connectivity index (χ1v) is 13.5. The van der Waals surface area contributed by atoms with E-state index in [1.54, 1.807) is 30.7 Å². The highest BCUT2D eigenvalue weighted by atomic mass is 19.4. The zero-order chi connectivity index (χ0) is 31.4. The van der Waals surface area contributed by atoms with Gasteiger partial charge in [0, 0.05) is 29.7 Å². The molecule has 0 radical (unpaired) electrons. The van der Waals surface area contributed by atoms with E-state index in [-0.39, 0.29) is 52.8 Å². The Bertz CT molecular complexity index is 1750. The zero-order valence-electron chi connectivity index (χ0n) is 23.7. The maximum absolute atomic E-state index is 14.7. The number of aromatic nitrogens is 2. The summed E-state index contributed by atoms with van der Waals surface area (Å²) >= 11 is 0. The molecule has 5 rings (SSSR count). The molecular weight excluding hydrogens is 574 g/mol. The second kappa shape index (κ2) is 11.2. The number of hydrogen-bond donors (Lipinski definition) is 1. The fourth-order valence-electron chi connectivity index (χ4n) is 5.85. The van der Waals surface area contributed by atoms with Gasteiger partial charge in [-0.05, 0) is 68.0 Å². The summed E-state index contributed by atoms with van der Waals surface area (Å²) < 4.78 is 92.8. The average molecular weight is 603 g/mol. The van der Waals surface area contributed by atoms with Gasteiger partial charge in [-0.15, -0.1) is 0 Å². The van der Waals surface area contributed by atoms with Crippen molar-refractivity contribution in [2.75, 3.05) is 7.11 Å². The Morgan fingerprint density at radius 3 is 2.47 bits per heavy atom. The lowest BCUT2D eigenvalue weighted by Gasteiger charge is -2.28. The van der Waals surface area contributed by atoms with Crippen LogP contribution in [-0.2, 0) is 13.2 Å². The van der Waals surface area contributed by atoms with Crippen LogP contribution in [0.5, 0.6) is 5.75 Å². The number of fused-ring (bicyclic) bond motifs is 2. The van der Waals surface area contributed by atoms with Gasteiger partial charge in [0.2, 0.25) is 0 Å². The van der Waals surface area contributed by atoms with E-state index in [0.29, 0.717) is 29.1 Å². The van der Waals surface area contributed by atoms with Crippen LogP contribution in [0.3, 0.4) is 0 Å². The summed E-state index contributed by atoms with van der Waals surface area (Å²) in [6, 6.07) is 2.25. The summed E-state index contributed by atoms with van der Waals surface area (Å²) in [4.78, 5) is 17.9. The number of carbonyl (C=O) groups is 1. The topological polar surface area (TPSA) is 64.3 Å². The van der Waals surface area contributed by atoms with Crippen molar-refractivity contribution in [2.45, 2.75) is 45.4 Å². The molecule has 2 aromatic carbocycles. The third kappa shape index (κ3) is 5.42.